The summed E-state index contributed by atoms with van der Waals surface area (Å²) < 4.78 is 0. The van der Waals surface area contributed by atoms with Gasteiger partial charge in [-0.1, -0.05) is 32.3 Å². The molecule has 2 aliphatic rings. The Morgan fingerprint density at radius 3 is 2.59 bits per heavy atom. The molecule has 0 amide bonds. The second-order valence-electron chi connectivity index (χ2n) is 7.52. The van der Waals surface area contributed by atoms with E-state index in [1.165, 1.54) is 36.4 Å². The molecule has 0 radical (unpaired) electrons. The summed E-state index contributed by atoms with van der Waals surface area (Å²) in [4.78, 5) is 24.3. The van der Waals surface area contributed by atoms with Crippen molar-refractivity contribution in [1.82, 2.24) is 20.4 Å². The number of hydrazone groups is 1. The van der Waals surface area contributed by atoms with Crippen LogP contribution in [0.5, 0.6) is 0 Å². The lowest BCUT2D eigenvalue weighted by atomic mass is 9.80. The number of allylic oxidation sites excluding steroid dienone is 1. The van der Waals surface area contributed by atoms with Gasteiger partial charge in [-0.2, -0.15) is 5.10 Å². The Bertz CT molecular complexity index is 948. The first-order valence-electron chi connectivity index (χ1n) is 10.2. The van der Waals surface area contributed by atoms with Crippen LogP contribution in [0.15, 0.2) is 41.4 Å². The van der Waals surface area contributed by atoms with Gasteiger partial charge >= 0.3 is 5.97 Å². The second kappa shape index (κ2) is 8.51. The smallest absolute Gasteiger partial charge is 0.338 e. The fourth-order valence-electron chi connectivity index (χ4n) is 4.01. The standard InChI is InChI=1S/C22H25N5O2/c1-2-14-9-10-18(23-11-14)19-16-7-5-3-4-6-8-17(16)20(27-26-19)21-24-12-15(13-25-21)22(28)29/h9-13,17,26H,2-8H2,1H3,(H,28,29). The minimum atomic E-state index is -1.03. The summed E-state index contributed by atoms with van der Waals surface area (Å²) in [5.41, 5.74) is 8.49. The number of hydrogen-bond donors (Lipinski definition) is 2. The van der Waals surface area contributed by atoms with E-state index in [1.54, 1.807) is 0 Å². The van der Waals surface area contributed by atoms with E-state index in [1.807, 2.05) is 6.20 Å². The zero-order valence-corrected chi connectivity index (χ0v) is 16.6. The average Bonchev–Trinajstić information content (AvgIpc) is 2.73. The zero-order valence-electron chi connectivity index (χ0n) is 16.6. The third kappa shape index (κ3) is 4.04. The predicted molar refractivity (Wildman–Crippen MR) is 110 cm³/mol. The van der Waals surface area contributed by atoms with Gasteiger partial charge in [0.2, 0.25) is 0 Å². The summed E-state index contributed by atoms with van der Waals surface area (Å²) in [6.45, 7) is 2.12. The highest BCUT2D eigenvalue weighted by molar-refractivity contribution is 6.03. The van der Waals surface area contributed by atoms with Crippen LogP contribution >= 0.6 is 0 Å². The fraction of sp³-hybridized carbons (Fsp3) is 0.409. The van der Waals surface area contributed by atoms with Crippen LogP contribution in [0, 0.1) is 5.92 Å². The van der Waals surface area contributed by atoms with Gasteiger partial charge in [-0.15, -0.1) is 0 Å². The Morgan fingerprint density at radius 2 is 1.90 bits per heavy atom. The van der Waals surface area contributed by atoms with Crippen LogP contribution in [-0.4, -0.2) is 31.7 Å². The van der Waals surface area contributed by atoms with Gasteiger partial charge in [-0.3, -0.25) is 10.4 Å². The maximum atomic E-state index is 11.1. The van der Waals surface area contributed by atoms with Crippen molar-refractivity contribution in [3.8, 4) is 0 Å². The quantitative estimate of drug-likeness (QED) is 0.822. The van der Waals surface area contributed by atoms with Crippen LogP contribution in [-0.2, 0) is 6.42 Å². The molecule has 2 N–H and O–H groups in total. The fourth-order valence-corrected chi connectivity index (χ4v) is 4.01. The van der Waals surface area contributed by atoms with Crippen molar-refractivity contribution in [1.29, 1.82) is 0 Å². The van der Waals surface area contributed by atoms with Crippen LogP contribution in [0.2, 0.25) is 0 Å². The summed E-state index contributed by atoms with van der Waals surface area (Å²) in [5, 5.41) is 13.7. The van der Waals surface area contributed by atoms with E-state index in [0.717, 1.165) is 49.2 Å². The van der Waals surface area contributed by atoms with Gasteiger partial charge < -0.3 is 5.11 Å². The lowest BCUT2D eigenvalue weighted by Gasteiger charge is -2.30. The minimum absolute atomic E-state index is 0.0763. The molecule has 29 heavy (non-hydrogen) atoms. The number of carboxylic acids is 1. The molecule has 0 spiro atoms. The zero-order chi connectivity index (χ0) is 20.2. The first-order valence-corrected chi connectivity index (χ1v) is 10.2. The number of nitrogens with zero attached hydrogens (tertiary/aromatic N) is 4. The van der Waals surface area contributed by atoms with Crippen molar-refractivity contribution in [2.24, 2.45) is 11.0 Å². The summed E-state index contributed by atoms with van der Waals surface area (Å²) >= 11 is 0. The largest absolute Gasteiger partial charge is 0.478 e. The normalized spacial score (nSPS) is 19.5. The van der Waals surface area contributed by atoms with Crippen LogP contribution in [0.4, 0.5) is 0 Å². The summed E-state index contributed by atoms with van der Waals surface area (Å²) in [6.07, 6.45) is 12.2. The van der Waals surface area contributed by atoms with Crippen LogP contribution < -0.4 is 5.43 Å². The SMILES string of the molecule is CCc1ccc(C2=C3CCCCCCC3C(c3ncc(C(=O)O)cn3)=NN2)nc1. The molecule has 1 fully saturated rings. The molecule has 0 saturated heterocycles. The molecule has 1 aliphatic heterocycles. The van der Waals surface area contributed by atoms with Crippen molar-refractivity contribution >= 4 is 17.4 Å². The lowest BCUT2D eigenvalue weighted by molar-refractivity contribution is 0.0696. The maximum absolute atomic E-state index is 11.1. The van der Waals surface area contributed by atoms with Gasteiger partial charge in [0.25, 0.3) is 0 Å². The van der Waals surface area contributed by atoms with Crippen molar-refractivity contribution < 1.29 is 9.90 Å². The van der Waals surface area contributed by atoms with E-state index in [-0.39, 0.29) is 11.5 Å². The summed E-state index contributed by atoms with van der Waals surface area (Å²) in [5.74, 6) is -0.426. The molecule has 2 aromatic rings. The van der Waals surface area contributed by atoms with Gasteiger partial charge in [0.05, 0.1) is 17.0 Å². The first-order chi connectivity index (χ1) is 14.2. The molecule has 150 valence electrons. The molecule has 0 aromatic carbocycles. The molecule has 4 rings (SSSR count). The number of aryl methyl sites for hydroxylation is 1. The maximum Gasteiger partial charge on any atom is 0.338 e. The van der Waals surface area contributed by atoms with Crippen LogP contribution in [0.1, 0.15) is 72.9 Å². The molecule has 7 heteroatoms. The van der Waals surface area contributed by atoms with Crippen LogP contribution in [0.3, 0.4) is 0 Å². The Kier molecular flexibility index (Phi) is 5.64. The number of aromatic nitrogens is 3. The summed E-state index contributed by atoms with van der Waals surface area (Å²) in [6, 6.07) is 4.17. The highest BCUT2D eigenvalue weighted by Gasteiger charge is 2.31. The number of carbonyl (C=O) groups is 1. The molecule has 1 saturated carbocycles. The minimum Gasteiger partial charge on any atom is -0.478 e. The Morgan fingerprint density at radius 1 is 1.10 bits per heavy atom. The van der Waals surface area contributed by atoms with E-state index < -0.39 is 5.97 Å². The third-order valence-corrected chi connectivity index (χ3v) is 5.67. The third-order valence-electron chi connectivity index (χ3n) is 5.67. The van der Waals surface area contributed by atoms with Crippen molar-refractivity contribution in [3.63, 3.8) is 0 Å². The van der Waals surface area contributed by atoms with E-state index in [0.29, 0.717) is 5.82 Å². The highest BCUT2D eigenvalue weighted by atomic mass is 16.4. The number of rotatable bonds is 4. The Labute approximate surface area is 170 Å². The number of nitrogens with one attached hydrogen (secondary N) is 1. The van der Waals surface area contributed by atoms with E-state index in [4.69, 9.17) is 5.11 Å². The molecular weight excluding hydrogens is 366 g/mol. The second-order valence-corrected chi connectivity index (χ2v) is 7.52. The molecule has 1 aliphatic carbocycles. The molecule has 0 bridgehead atoms. The monoisotopic (exact) mass is 391 g/mol. The Balaban J connectivity index is 1.71. The van der Waals surface area contributed by atoms with E-state index >= 15 is 0 Å². The average molecular weight is 391 g/mol. The Hall–Kier alpha value is -3.09. The molecule has 2 aromatic heterocycles. The van der Waals surface area contributed by atoms with Gasteiger partial charge in [0, 0.05) is 24.5 Å². The van der Waals surface area contributed by atoms with E-state index in [2.05, 4.69) is 44.5 Å². The lowest BCUT2D eigenvalue weighted by Crippen LogP contribution is -2.31. The van der Waals surface area contributed by atoms with Gasteiger partial charge in [-0.05, 0) is 42.9 Å². The summed E-state index contributed by atoms with van der Waals surface area (Å²) in [7, 11) is 0. The van der Waals surface area contributed by atoms with Crippen molar-refractivity contribution in [2.75, 3.05) is 0 Å². The van der Waals surface area contributed by atoms with Crippen LogP contribution in [0.25, 0.3) is 5.70 Å². The number of fused-ring (bicyclic) bond motifs is 1. The molecule has 3 heterocycles. The van der Waals surface area contributed by atoms with Gasteiger partial charge in [-0.25, -0.2) is 14.8 Å². The van der Waals surface area contributed by atoms with Gasteiger partial charge in [0.15, 0.2) is 5.82 Å². The molecule has 7 nitrogen and oxygen atoms in total. The van der Waals surface area contributed by atoms with Gasteiger partial charge in [0.1, 0.15) is 5.71 Å². The number of aromatic carboxylic acids is 1. The molecular formula is C22H25N5O2. The molecule has 1 unspecified atom stereocenters. The predicted octanol–water partition coefficient (Wildman–Crippen LogP) is 3.82. The number of carboxylic acid groups (broad SMARTS) is 1. The number of hydrogen-bond acceptors (Lipinski definition) is 6. The topological polar surface area (TPSA) is 100 Å². The first kappa shape index (κ1) is 19.2. The van der Waals surface area contributed by atoms with Crippen molar-refractivity contribution in [2.45, 2.75) is 51.9 Å². The van der Waals surface area contributed by atoms with E-state index in [9.17, 15) is 4.79 Å². The highest BCUT2D eigenvalue weighted by Crippen LogP contribution is 2.36. The number of pyridine rings is 1. The molecule has 1 atom stereocenters. The van der Waals surface area contributed by atoms with Crippen molar-refractivity contribution in [3.05, 3.63) is 58.9 Å².